The number of carbonyl (C=O) groups excluding carboxylic acids is 1. The fourth-order valence-electron chi connectivity index (χ4n) is 1.94. The molecule has 100 valence electrons. The summed E-state index contributed by atoms with van der Waals surface area (Å²) in [6.45, 7) is 13.5. The number of hydrogen-bond donors (Lipinski definition) is 2. The summed E-state index contributed by atoms with van der Waals surface area (Å²) in [7, 11) is 0. The van der Waals surface area contributed by atoms with Gasteiger partial charge in [0.1, 0.15) is 0 Å². The molecular formula is C13H27N3O. The standard InChI is InChI=1S/C13H27N3O/c1-10(2)12(15-13(17)11(3)4)9-16-7-5-14-6-8-16/h10-12,14H,5-9H2,1-4H3,(H,15,17). The van der Waals surface area contributed by atoms with E-state index >= 15 is 0 Å². The predicted molar refractivity (Wildman–Crippen MR) is 70.9 cm³/mol. The van der Waals surface area contributed by atoms with E-state index in [1.54, 1.807) is 0 Å². The van der Waals surface area contributed by atoms with Gasteiger partial charge in [-0.3, -0.25) is 9.69 Å². The highest BCUT2D eigenvalue weighted by Gasteiger charge is 2.21. The Labute approximate surface area is 105 Å². The molecule has 4 nitrogen and oxygen atoms in total. The molecule has 0 saturated carbocycles. The number of nitrogens with zero attached hydrogens (tertiary/aromatic N) is 1. The van der Waals surface area contributed by atoms with Crippen LogP contribution < -0.4 is 10.6 Å². The molecule has 1 heterocycles. The number of hydrogen-bond acceptors (Lipinski definition) is 3. The molecule has 17 heavy (non-hydrogen) atoms. The predicted octanol–water partition coefficient (Wildman–Crippen LogP) is 0.688. The third kappa shape index (κ3) is 5.04. The Morgan fingerprint density at radius 3 is 2.29 bits per heavy atom. The fraction of sp³-hybridized carbons (Fsp3) is 0.923. The maximum absolute atomic E-state index is 11.8. The third-order valence-electron chi connectivity index (χ3n) is 3.32. The van der Waals surface area contributed by atoms with E-state index in [-0.39, 0.29) is 17.9 Å². The molecule has 1 aliphatic rings. The molecule has 2 N–H and O–H groups in total. The van der Waals surface area contributed by atoms with Crippen molar-refractivity contribution >= 4 is 5.91 Å². The molecule has 1 atom stereocenters. The molecular weight excluding hydrogens is 214 g/mol. The van der Waals surface area contributed by atoms with Gasteiger partial charge in [-0.2, -0.15) is 0 Å². The summed E-state index contributed by atoms with van der Waals surface area (Å²) in [5, 5.41) is 6.51. The van der Waals surface area contributed by atoms with Gasteiger partial charge >= 0.3 is 0 Å². The molecule has 0 aromatic carbocycles. The normalized spacial score (nSPS) is 19.6. The van der Waals surface area contributed by atoms with Crippen molar-refractivity contribution in [2.45, 2.75) is 33.7 Å². The second-order valence-electron chi connectivity index (χ2n) is 5.56. The van der Waals surface area contributed by atoms with Gasteiger partial charge in [-0.25, -0.2) is 0 Å². The molecule has 4 heteroatoms. The number of carbonyl (C=O) groups is 1. The van der Waals surface area contributed by atoms with Crippen molar-refractivity contribution in [3.8, 4) is 0 Å². The summed E-state index contributed by atoms with van der Waals surface area (Å²) in [6.07, 6.45) is 0. The lowest BCUT2D eigenvalue weighted by Gasteiger charge is -2.33. The Morgan fingerprint density at radius 2 is 1.82 bits per heavy atom. The largest absolute Gasteiger partial charge is 0.352 e. The second-order valence-corrected chi connectivity index (χ2v) is 5.56. The maximum atomic E-state index is 11.8. The van der Waals surface area contributed by atoms with Crippen molar-refractivity contribution in [2.24, 2.45) is 11.8 Å². The quantitative estimate of drug-likeness (QED) is 0.744. The summed E-state index contributed by atoms with van der Waals surface area (Å²) >= 11 is 0. The van der Waals surface area contributed by atoms with Gasteiger partial charge in [0.05, 0.1) is 0 Å². The highest BCUT2D eigenvalue weighted by atomic mass is 16.1. The monoisotopic (exact) mass is 241 g/mol. The van der Waals surface area contributed by atoms with Gasteiger partial charge in [0, 0.05) is 44.7 Å². The first-order valence-electron chi connectivity index (χ1n) is 6.74. The molecule has 0 radical (unpaired) electrons. The average molecular weight is 241 g/mol. The lowest BCUT2D eigenvalue weighted by Crippen LogP contribution is -2.52. The Morgan fingerprint density at radius 1 is 1.24 bits per heavy atom. The van der Waals surface area contributed by atoms with Crippen LogP contribution in [0.4, 0.5) is 0 Å². The van der Waals surface area contributed by atoms with Crippen molar-refractivity contribution < 1.29 is 4.79 Å². The summed E-state index contributed by atoms with van der Waals surface area (Å²) in [5.74, 6) is 0.714. The Hall–Kier alpha value is -0.610. The second kappa shape index (κ2) is 6.97. The minimum atomic E-state index is 0.0688. The minimum absolute atomic E-state index is 0.0688. The topological polar surface area (TPSA) is 44.4 Å². The average Bonchev–Trinajstić information content (AvgIpc) is 2.29. The zero-order chi connectivity index (χ0) is 12.8. The van der Waals surface area contributed by atoms with Gasteiger partial charge in [0.15, 0.2) is 0 Å². The van der Waals surface area contributed by atoms with E-state index in [2.05, 4.69) is 29.4 Å². The van der Waals surface area contributed by atoms with Gasteiger partial charge in [-0.1, -0.05) is 27.7 Å². The number of nitrogens with one attached hydrogen (secondary N) is 2. The van der Waals surface area contributed by atoms with E-state index in [1.807, 2.05) is 13.8 Å². The van der Waals surface area contributed by atoms with Gasteiger partial charge in [0.25, 0.3) is 0 Å². The van der Waals surface area contributed by atoms with Crippen LogP contribution in [0.1, 0.15) is 27.7 Å². The molecule has 0 aliphatic carbocycles. The summed E-state index contributed by atoms with van der Waals surface area (Å²) in [4.78, 5) is 14.2. The van der Waals surface area contributed by atoms with E-state index in [1.165, 1.54) is 0 Å². The molecule has 0 aromatic heterocycles. The van der Waals surface area contributed by atoms with Crippen molar-refractivity contribution in [1.82, 2.24) is 15.5 Å². The highest BCUT2D eigenvalue weighted by molar-refractivity contribution is 5.78. The first kappa shape index (κ1) is 14.5. The summed E-state index contributed by atoms with van der Waals surface area (Å²) < 4.78 is 0. The van der Waals surface area contributed by atoms with Gasteiger partial charge < -0.3 is 10.6 Å². The van der Waals surface area contributed by atoms with Crippen LogP contribution in [0.15, 0.2) is 0 Å². The highest BCUT2D eigenvalue weighted by Crippen LogP contribution is 2.06. The maximum Gasteiger partial charge on any atom is 0.222 e. The first-order valence-corrected chi connectivity index (χ1v) is 6.74. The minimum Gasteiger partial charge on any atom is -0.352 e. The zero-order valence-electron chi connectivity index (χ0n) is 11.6. The van der Waals surface area contributed by atoms with Crippen molar-refractivity contribution in [2.75, 3.05) is 32.7 Å². The summed E-state index contributed by atoms with van der Waals surface area (Å²) in [6, 6.07) is 0.267. The van der Waals surface area contributed by atoms with E-state index in [9.17, 15) is 4.79 Å². The molecule has 1 rings (SSSR count). The molecule has 1 unspecified atom stereocenters. The van der Waals surface area contributed by atoms with Crippen LogP contribution >= 0.6 is 0 Å². The Balaban J connectivity index is 2.44. The molecule has 0 spiro atoms. The molecule has 1 amide bonds. The number of rotatable bonds is 5. The van der Waals surface area contributed by atoms with E-state index in [0.717, 1.165) is 32.7 Å². The molecule has 0 aromatic rings. The van der Waals surface area contributed by atoms with Crippen molar-refractivity contribution in [3.05, 3.63) is 0 Å². The van der Waals surface area contributed by atoms with Crippen LogP contribution in [-0.4, -0.2) is 49.6 Å². The van der Waals surface area contributed by atoms with Gasteiger partial charge in [-0.15, -0.1) is 0 Å². The lowest BCUT2D eigenvalue weighted by molar-refractivity contribution is -0.125. The lowest BCUT2D eigenvalue weighted by atomic mass is 10.0. The zero-order valence-corrected chi connectivity index (χ0v) is 11.6. The first-order chi connectivity index (χ1) is 8.00. The fourth-order valence-corrected chi connectivity index (χ4v) is 1.94. The molecule has 1 aliphatic heterocycles. The van der Waals surface area contributed by atoms with Crippen LogP contribution in [0.2, 0.25) is 0 Å². The van der Waals surface area contributed by atoms with E-state index in [0.29, 0.717) is 5.92 Å². The van der Waals surface area contributed by atoms with Gasteiger partial charge in [0.2, 0.25) is 5.91 Å². The van der Waals surface area contributed by atoms with Crippen LogP contribution in [-0.2, 0) is 4.79 Å². The van der Waals surface area contributed by atoms with Crippen molar-refractivity contribution in [1.29, 1.82) is 0 Å². The van der Waals surface area contributed by atoms with E-state index in [4.69, 9.17) is 0 Å². The van der Waals surface area contributed by atoms with Crippen LogP contribution in [0.5, 0.6) is 0 Å². The van der Waals surface area contributed by atoms with Crippen molar-refractivity contribution in [3.63, 3.8) is 0 Å². The Kier molecular flexibility index (Phi) is 5.92. The SMILES string of the molecule is CC(C)C(=O)NC(CN1CCNCC1)C(C)C. The number of piperazine rings is 1. The third-order valence-corrected chi connectivity index (χ3v) is 3.32. The van der Waals surface area contributed by atoms with Crippen LogP contribution in [0, 0.1) is 11.8 Å². The van der Waals surface area contributed by atoms with E-state index < -0.39 is 0 Å². The van der Waals surface area contributed by atoms with Gasteiger partial charge in [-0.05, 0) is 5.92 Å². The van der Waals surface area contributed by atoms with Crippen LogP contribution in [0.25, 0.3) is 0 Å². The summed E-state index contributed by atoms with van der Waals surface area (Å²) in [5.41, 5.74) is 0. The molecule has 0 bridgehead atoms. The number of amides is 1. The Bertz CT molecular complexity index is 235. The molecule has 1 fully saturated rings. The van der Waals surface area contributed by atoms with Crippen LogP contribution in [0.3, 0.4) is 0 Å². The smallest absolute Gasteiger partial charge is 0.222 e. The molecule has 1 saturated heterocycles.